The van der Waals surface area contributed by atoms with E-state index in [-0.39, 0.29) is 0 Å². The maximum Gasteiger partial charge on any atom is 0.154 e. The van der Waals surface area contributed by atoms with E-state index in [0.29, 0.717) is 59.3 Å². The number of rotatable bonds is 24. The molecule has 170 valence electrons. The SMILES string of the molecule is CCCCCCCCCCCC(O)OCCOCCOCCOCCOCC. The second kappa shape index (κ2) is 24.8. The molecular formula is C22H46O6. The van der Waals surface area contributed by atoms with E-state index in [2.05, 4.69) is 6.92 Å². The van der Waals surface area contributed by atoms with Crippen LogP contribution in [0, 0.1) is 0 Å². The molecule has 0 aromatic heterocycles. The van der Waals surface area contributed by atoms with Gasteiger partial charge in [0.25, 0.3) is 0 Å². The lowest BCUT2D eigenvalue weighted by Crippen LogP contribution is -2.17. The van der Waals surface area contributed by atoms with Crippen LogP contribution < -0.4 is 0 Å². The Labute approximate surface area is 173 Å². The lowest BCUT2D eigenvalue weighted by Gasteiger charge is -2.12. The monoisotopic (exact) mass is 406 g/mol. The Morgan fingerprint density at radius 2 is 0.964 bits per heavy atom. The number of aliphatic hydroxyl groups is 1. The van der Waals surface area contributed by atoms with E-state index < -0.39 is 6.29 Å². The fourth-order valence-corrected chi connectivity index (χ4v) is 2.76. The van der Waals surface area contributed by atoms with Gasteiger partial charge < -0.3 is 28.8 Å². The molecule has 0 spiro atoms. The van der Waals surface area contributed by atoms with Crippen molar-refractivity contribution in [2.45, 2.75) is 84.3 Å². The number of aliphatic hydroxyl groups excluding tert-OH is 1. The summed E-state index contributed by atoms with van der Waals surface area (Å²) in [6.07, 6.45) is 11.6. The minimum absolute atomic E-state index is 0.416. The zero-order valence-electron chi connectivity index (χ0n) is 18.5. The van der Waals surface area contributed by atoms with E-state index in [9.17, 15) is 5.11 Å². The molecule has 0 bridgehead atoms. The molecule has 6 nitrogen and oxygen atoms in total. The van der Waals surface area contributed by atoms with E-state index in [1.165, 1.54) is 51.4 Å². The summed E-state index contributed by atoms with van der Waals surface area (Å²) in [6, 6.07) is 0. The van der Waals surface area contributed by atoms with Gasteiger partial charge in [-0.15, -0.1) is 0 Å². The minimum atomic E-state index is -0.668. The molecule has 0 saturated carbocycles. The molecule has 0 saturated heterocycles. The van der Waals surface area contributed by atoms with Crippen molar-refractivity contribution in [2.24, 2.45) is 0 Å². The molecule has 0 radical (unpaired) electrons. The van der Waals surface area contributed by atoms with Gasteiger partial charge in [-0.1, -0.05) is 58.3 Å². The molecular weight excluding hydrogens is 360 g/mol. The van der Waals surface area contributed by atoms with Crippen molar-refractivity contribution in [3.8, 4) is 0 Å². The third-order valence-electron chi connectivity index (χ3n) is 4.41. The smallest absolute Gasteiger partial charge is 0.154 e. The summed E-state index contributed by atoms with van der Waals surface area (Å²) in [6.45, 7) is 9.25. The Morgan fingerprint density at radius 3 is 1.46 bits per heavy atom. The summed E-state index contributed by atoms with van der Waals surface area (Å²) in [5.41, 5.74) is 0. The standard InChI is InChI=1S/C22H46O6/c1-3-5-6-7-8-9-10-11-12-13-22(23)28-21-20-27-19-18-26-17-16-25-15-14-24-4-2/h22-23H,3-21H2,1-2H3. The zero-order chi connectivity index (χ0) is 20.5. The van der Waals surface area contributed by atoms with E-state index >= 15 is 0 Å². The highest BCUT2D eigenvalue weighted by molar-refractivity contribution is 4.49. The topological polar surface area (TPSA) is 66.4 Å². The molecule has 6 heteroatoms. The predicted octanol–water partition coefficient (Wildman–Crippen LogP) is 4.33. The van der Waals surface area contributed by atoms with Crippen LogP contribution in [-0.4, -0.2) is 70.9 Å². The fraction of sp³-hybridized carbons (Fsp3) is 1.00. The molecule has 0 rings (SSSR count). The lowest BCUT2D eigenvalue weighted by molar-refractivity contribution is -0.118. The molecule has 1 atom stereocenters. The first-order valence-electron chi connectivity index (χ1n) is 11.4. The van der Waals surface area contributed by atoms with Crippen molar-refractivity contribution in [1.82, 2.24) is 0 Å². The number of hydrogen-bond acceptors (Lipinski definition) is 6. The van der Waals surface area contributed by atoms with Gasteiger partial charge in [0.1, 0.15) is 0 Å². The molecule has 0 aromatic carbocycles. The summed E-state index contributed by atoms with van der Waals surface area (Å²) in [4.78, 5) is 0. The fourth-order valence-electron chi connectivity index (χ4n) is 2.76. The molecule has 1 N–H and O–H groups in total. The molecule has 1 unspecified atom stereocenters. The first kappa shape index (κ1) is 27.8. The van der Waals surface area contributed by atoms with E-state index in [4.69, 9.17) is 23.7 Å². The lowest BCUT2D eigenvalue weighted by atomic mass is 10.1. The van der Waals surface area contributed by atoms with Gasteiger partial charge in [0.15, 0.2) is 6.29 Å². The van der Waals surface area contributed by atoms with Crippen LogP contribution in [0.3, 0.4) is 0 Å². The van der Waals surface area contributed by atoms with Crippen LogP contribution in [0.25, 0.3) is 0 Å². The van der Waals surface area contributed by atoms with Gasteiger partial charge in [-0.05, 0) is 19.8 Å². The second-order valence-corrected chi connectivity index (χ2v) is 6.98. The molecule has 0 aliphatic heterocycles. The molecule has 0 aliphatic carbocycles. The molecule has 0 aliphatic rings. The highest BCUT2D eigenvalue weighted by Gasteiger charge is 2.03. The van der Waals surface area contributed by atoms with Gasteiger partial charge in [-0.25, -0.2) is 0 Å². The molecule has 0 heterocycles. The third kappa shape index (κ3) is 23.8. The maximum absolute atomic E-state index is 9.80. The van der Waals surface area contributed by atoms with Crippen LogP contribution in [0.1, 0.15) is 78.1 Å². The molecule has 28 heavy (non-hydrogen) atoms. The van der Waals surface area contributed by atoms with Crippen molar-refractivity contribution in [3.63, 3.8) is 0 Å². The molecule has 0 amide bonds. The number of ether oxygens (including phenoxy) is 5. The van der Waals surface area contributed by atoms with E-state index in [1.807, 2.05) is 6.92 Å². The van der Waals surface area contributed by atoms with Crippen LogP contribution in [-0.2, 0) is 23.7 Å². The van der Waals surface area contributed by atoms with Crippen LogP contribution in [0.4, 0.5) is 0 Å². The van der Waals surface area contributed by atoms with Gasteiger partial charge in [-0.3, -0.25) is 0 Å². The normalized spacial score (nSPS) is 12.5. The Balaban J connectivity index is 3.12. The van der Waals surface area contributed by atoms with Crippen molar-refractivity contribution in [3.05, 3.63) is 0 Å². The average molecular weight is 407 g/mol. The first-order valence-corrected chi connectivity index (χ1v) is 11.4. The largest absolute Gasteiger partial charge is 0.379 e. The summed E-state index contributed by atoms with van der Waals surface area (Å²) in [5, 5.41) is 9.80. The van der Waals surface area contributed by atoms with Crippen molar-refractivity contribution in [1.29, 1.82) is 0 Å². The predicted molar refractivity (Wildman–Crippen MR) is 113 cm³/mol. The summed E-state index contributed by atoms with van der Waals surface area (Å²) < 4.78 is 26.7. The average Bonchev–Trinajstić information content (AvgIpc) is 2.70. The Bertz CT molecular complexity index is 278. The molecule has 0 aromatic rings. The Kier molecular flexibility index (Phi) is 24.6. The summed E-state index contributed by atoms with van der Waals surface area (Å²) in [5.74, 6) is 0. The van der Waals surface area contributed by atoms with Crippen LogP contribution in [0.5, 0.6) is 0 Å². The van der Waals surface area contributed by atoms with Gasteiger partial charge in [0.05, 0.1) is 52.9 Å². The Hall–Kier alpha value is -0.240. The first-order chi connectivity index (χ1) is 13.8. The maximum atomic E-state index is 9.80. The number of unbranched alkanes of at least 4 members (excludes halogenated alkanes) is 8. The highest BCUT2D eigenvalue weighted by Crippen LogP contribution is 2.11. The van der Waals surface area contributed by atoms with Gasteiger partial charge in [-0.2, -0.15) is 0 Å². The van der Waals surface area contributed by atoms with E-state index in [0.717, 1.165) is 13.0 Å². The van der Waals surface area contributed by atoms with Crippen molar-refractivity contribution in [2.75, 3.05) is 59.5 Å². The minimum Gasteiger partial charge on any atom is -0.379 e. The highest BCUT2D eigenvalue weighted by atomic mass is 16.6. The summed E-state index contributed by atoms with van der Waals surface area (Å²) >= 11 is 0. The van der Waals surface area contributed by atoms with Crippen molar-refractivity contribution >= 4 is 0 Å². The van der Waals surface area contributed by atoms with Crippen LogP contribution in [0.15, 0.2) is 0 Å². The van der Waals surface area contributed by atoms with Gasteiger partial charge in [0, 0.05) is 6.61 Å². The van der Waals surface area contributed by atoms with Gasteiger partial charge in [0.2, 0.25) is 0 Å². The van der Waals surface area contributed by atoms with Crippen LogP contribution >= 0.6 is 0 Å². The summed E-state index contributed by atoms with van der Waals surface area (Å²) in [7, 11) is 0. The van der Waals surface area contributed by atoms with E-state index in [1.54, 1.807) is 0 Å². The Morgan fingerprint density at radius 1 is 0.536 bits per heavy atom. The second-order valence-electron chi connectivity index (χ2n) is 6.98. The number of hydrogen-bond donors (Lipinski definition) is 1. The van der Waals surface area contributed by atoms with Crippen LogP contribution in [0.2, 0.25) is 0 Å². The quantitative estimate of drug-likeness (QED) is 0.190. The van der Waals surface area contributed by atoms with Gasteiger partial charge >= 0.3 is 0 Å². The molecule has 0 fully saturated rings. The van der Waals surface area contributed by atoms with Crippen molar-refractivity contribution < 1.29 is 28.8 Å². The zero-order valence-corrected chi connectivity index (χ0v) is 18.5. The third-order valence-corrected chi connectivity index (χ3v) is 4.41.